The first kappa shape index (κ1) is 20.2. The lowest BCUT2D eigenvalue weighted by atomic mass is 10.2. The quantitative estimate of drug-likeness (QED) is 0.701. The third kappa shape index (κ3) is 4.94. The molecule has 0 saturated carbocycles. The van der Waals surface area contributed by atoms with Gasteiger partial charge in [0.15, 0.2) is 6.61 Å². The molecule has 0 fully saturated rings. The molecular formula is C17H14Cl3NO5. The SMILES string of the molecule is COC(=O)c1ccc(OC)cc1OCC(=O)Nc1c(Cl)cc(Cl)cc1Cl. The number of carbonyl (C=O) groups excluding carboxylic acids is 2. The van der Waals surface area contributed by atoms with Gasteiger partial charge in [0.2, 0.25) is 0 Å². The van der Waals surface area contributed by atoms with Crippen molar-refractivity contribution in [3.8, 4) is 11.5 Å². The Balaban J connectivity index is 2.13. The van der Waals surface area contributed by atoms with Crippen LogP contribution in [-0.2, 0) is 9.53 Å². The van der Waals surface area contributed by atoms with E-state index in [1.165, 1.54) is 38.5 Å². The number of methoxy groups -OCH3 is 2. The Morgan fingerprint density at radius 1 is 1.04 bits per heavy atom. The molecule has 0 unspecified atom stereocenters. The summed E-state index contributed by atoms with van der Waals surface area (Å²) >= 11 is 17.9. The molecule has 0 bridgehead atoms. The van der Waals surface area contributed by atoms with E-state index in [0.717, 1.165) is 0 Å². The molecule has 26 heavy (non-hydrogen) atoms. The van der Waals surface area contributed by atoms with Crippen molar-refractivity contribution in [3.63, 3.8) is 0 Å². The number of rotatable bonds is 6. The number of esters is 1. The molecule has 0 saturated heterocycles. The lowest BCUT2D eigenvalue weighted by molar-refractivity contribution is -0.118. The highest BCUT2D eigenvalue weighted by atomic mass is 35.5. The molecular weight excluding hydrogens is 405 g/mol. The molecule has 0 aliphatic rings. The lowest BCUT2D eigenvalue weighted by Gasteiger charge is -2.13. The Morgan fingerprint density at radius 2 is 1.69 bits per heavy atom. The normalized spacial score (nSPS) is 10.2. The Hall–Kier alpha value is -2.15. The zero-order valence-electron chi connectivity index (χ0n) is 13.8. The van der Waals surface area contributed by atoms with Crippen molar-refractivity contribution in [2.75, 3.05) is 26.1 Å². The lowest BCUT2D eigenvalue weighted by Crippen LogP contribution is -2.21. The van der Waals surface area contributed by atoms with Gasteiger partial charge in [0.25, 0.3) is 5.91 Å². The average molecular weight is 419 g/mol. The van der Waals surface area contributed by atoms with Gasteiger partial charge < -0.3 is 19.5 Å². The largest absolute Gasteiger partial charge is 0.497 e. The summed E-state index contributed by atoms with van der Waals surface area (Å²) in [6, 6.07) is 7.42. The van der Waals surface area contributed by atoms with Crippen molar-refractivity contribution in [2.45, 2.75) is 0 Å². The second-order valence-corrected chi connectivity index (χ2v) is 6.19. The van der Waals surface area contributed by atoms with Crippen molar-refractivity contribution >= 4 is 52.4 Å². The number of nitrogens with one attached hydrogen (secondary N) is 1. The molecule has 0 aromatic heterocycles. The smallest absolute Gasteiger partial charge is 0.341 e. The zero-order chi connectivity index (χ0) is 19.3. The minimum absolute atomic E-state index is 0.139. The van der Waals surface area contributed by atoms with Gasteiger partial charge in [-0.15, -0.1) is 0 Å². The van der Waals surface area contributed by atoms with Crippen LogP contribution in [-0.4, -0.2) is 32.7 Å². The number of hydrogen-bond acceptors (Lipinski definition) is 5. The van der Waals surface area contributed by atoms with Crippen LogP contribution >= 0.6 is 34.8 Å². The Kier molecular flexibility index (Phi) is 6.97. The van der Waals surface area contributed by atoms with E-state index in [0.29, 0.717) is 10.8 Å². The molecule has 0 atom stereocenters. The van der Waals surface area contributed by atoms with E-state index >= 15 is 0 Å². The van der Waals surface area contributed by atoms with Crippen LogP contribution in [0.4, 0.5) is 5.69 Å². The molecule has 0 aliphatic heterocycles. The van der Waals surface area contributed by atoms with Crippen molar-refractivity contribution in [2.24, 2.45) is 0 Å². The maximum Gasteiger partial charge on any atom is 0.341 e. The van der Waals surface area contributed by atoms with Crippen molar-refractivity contribution in [3.05, 3.63) is 51.0 Å². The van der Waals surface area contributed by atoms with E-state index in [9.17, 15) is 9.59 Å². The van der Waals surface area contributed by atoms with Gasteiger partial charge in [-0.05, 0) is 24.3 Å². The summed E-state index contributed by atoms with van der Waals surface area (Å²) in [6.45, 7) is -0.396. The summed E-state index contributed by atoms with van der Waals surface area (Å²) in [5.74, 6) is -0.543. The topological polar surface area (TPSA) is 73.9 Å². The van der Waals surface area contributed by atoms with Gasteiger partial charge in [-0.25, -0.2) is 4.79 Å². The monoisotopic (exact) mass is 417 g/mol. The number of ether oxygens (including phenoxy) is 3. The summed E-state index contributed by atoms with van der Waals surface area (Å²) in [5.41, 5.74) is 0.369. The van der Waals surface area contributed by atoms with Crippen LogP contribution in [0.15, 0.2) is 30.3 Å². The minimum Gasteiger partial charge on any atom is -0.497 e. The summed E-state index contributed by atoms with van der Waals surface area (Å²) in [4.78, 5) is 23.9. The number of hydrogen-bond donors (Lipinski definition) is 1. The summed E-state index contributed by atoms with van der Waals surface area (Å²) in [7, 11) is 2.71. The van der Waals surface area contributed by atoms with Gasteiger partial charge in [-0.2, -0.15) is 0 Å². The first-order valence-corrected chi connectivity index (χ1v) is 8.32. The molecule has 0 radical (unpaired) electrons. The fourth-order valence-corrected chi connectivity index (χ4v) is 2.92. The van der Waals surface area contributed by atoms with Crippen molar-refractivity contribution in [1.82, 2.24) is 0 Å². The molecule has 138 valence electrons. The first-order valence-electron chi connectivity index (χ1n) is 7.19. The summed E-state index contributed by atoms with van der Waals surface area (Å²) in [5, 5.41) is 3.25. The fourth-order valence-electron chi connectivity index (χ4n) is 2.01. The number of halogens is 3. The fraction of sp³-hybridized carbons (Fsp3) is 0.176. The molecule has 6 nitrogen and oxygen atoms in total. The number of carbonyl (C=O) groups is 2. The second kappa shape index (κ2) is 8.98. The van der Waals surface area contributed by atoms with Crippen LogP contribution in [0.25, 0.3) is 0 Å². The predicted octanol–water partition coefficient (Wildman–Crippen LogP) is 4.46. The number of anilines is 1. The van der Waals surface area contributed by atoms with Gasteiger partial charge >= 0.3 is 5.97 Å². The van der Waals surface area contributed by atoms with E-state index in [2.05, 4.69) is 10.1 Å². The van der Waals surface area contributed by atoms with Gasteiger partial charge in [0, 0.05) is 11.1 Å². The maximum atomic E-state index is 12.1. The predicted molar refractivity (Wildman–Crippen MR) is 99.9 cm³/mol. The third-order valence-electron chi connectivity index (χ3n) is 3.22. The molecule has 9 heteroatoms. The highest BCUT2D eigenvalue weighted by molar-refractivity contribution is 6.42. The maximum absolute atomic E-state index is 12.1. The minimum atomic E-state index is -0.605. The van der Waals surface area contributed by atoms with Crippen LogP contribution in [0, 0.1) is 0 Å². The summed E-state index contributed by atoms with van der Waals surface area (Å²) in [6.07, 6.45) is 0. The molecule has 0 aliphatic carbocycles. The van der Waals surface area contributed by atoms with E-state index < -0.39 is 18.5 Å². The molecule has 2 rings (SSSR count). The van der Waals surface area contributed by atoms with Crippen molar-refractivity contribution in [1.29, 1.82) is 0 Å². The Labute approximate surface area is 164 Å². The van der Waals surface area contributed by atoms with Crippen LogP contribution in [0.3, 0.4) is 0 Å². The number of amides is 1. The van der Waals surface area contributed by atoms with Gasteiger partial charge in [0.05, 0.1) is 30.0 Å². The molecule has 2 aromatic rings. The van der Waals surface area contributed by atoms with Crippen molar-refractivity contribution < 1.29 is 23.8 Å². The van der Waals surface area contributed by atoms with E-state index in [1.807, 2.05) is 0 Å². The molecule has 1 N–H and O–H groups in total. The first-order chi connectivity index (χ1) is 12.3. The van der Waals surface area contributed by atoms with Gasteiger partial charge in [0.1, 0.15) is 17.1 Å². The summed E-state index contributed by atoms with van der Waals surface area (Å²) < 4.78 is 15.2. The zero-order valence-corrected chi connectivity index (χ0v) is 16.0. The number of benzene rings is 2. The Bertz CT molecular complexity index is 818. The van der Waals surface area contributed by atoms with E-state index in [-0.39, 0.29) is 27.0 Å². The standard InChI is InChI=1S/C17H14Cl3NO5/c1-24-10-3-4-11(17(23)25-2)14(7-10)26-8-15(22)21-16-12(19)5-9(18)6-13(16)20/h3-7H,8H2,1-2H3,(H,21,22). The van der Waals surface area contributed by atoms with Gasteiger partial charge in [-0.3, -0.25) is 4.79 Å². The molecule has 0 heterocycles. The third-order valence-corrected chi connectivity index (χ3v) is 4.04. The van der Waals surface area contributed by atoms with Gasteiger partial charge in [-0.1, -0.05) is 34.8 Å². The molecule has 2 aromatic carbocycles. The van der Waals surface area contributed by atoms with Crippen LogP contribution in [0.1, 0.15) is 10.4 Å². The average Bonchev–Trinajstić information content (AvgIpc) is 2.62. The van der Waals surface area contributed by atoms with Crippen LogP contribution in [0.5, 0.6) is 11.5 Å². The van der Waals surface area contributed by atoms with Crippen LogP contribution in [0.2, 0.25) is 15.1 Å². The van der Waals surface area contributed by atoms with E-state index in [1.54, 1.807) is 6.07 Å². The second-order valence-electron chi connectivity index (χ2n) is 4.93. The molecule has 0 spiro atoms. The van der Waals surface area contributed by atoms with Crippen LogP contribution < -0.4 is 14.8 Å². The Morgan fingerprint density at radius 3 is 2.27 bits per heavy atom. The molecule has 1 amide bonds. The highest BCUT2D eigenvalue weighted by Crippen LogP contribution is 2.33. The van der Waals surface area contributed by atoms with E-state index in [4.69, 9.17) is 44.3 Å². The highest BCUT2D eigenvalue weighted by Gasteiger charge is 2.17.